The second kappa shape index (κ2) is 6.84. The maximum absolute atomic E-state index is 11.7. The quantitative estimate of drug-likeness (QED) is 0.705. The average molecular weight is 242 g/mol. The van der Waals surface area contributed by atoms with E-state index in [1.807, 2.05) is 6.92 Å². The predicted molar refractivity (Wildman–Crippen MR) is 68.8 cm³/mol. The van der Waals surface area contributed by atoms with E-state index in [2.05, 4.69) is 24.5 Å². The summed E-state index contributed by atoms with van der Waals surface area (Å²) in [5.74, 6) is 1.23. The van der Waals surface area contributed by atoms with Gasteiger partial charge in [0.25, 0.3) is 0 Å². The topological polar surface area (TPSA) is 61.4 Å². The van der Waals surface area contributed by atoms with Gasteiger partial charge in [-0.25, -0.2) is 4.79 Å². The van der Waals surface area contributed by atoms with E-state index < -0.39 is 0 Å². The van der Waals surface area contributed by atoms with Crippen LogP contribution in [0.2, 0.25) is 0 Å². The molecule has 0 spiro atoms. The molecule has 0 aromatic heterocycles. The lowest BCUT2D eigenvalue weighted by Gasteiger charge is -2.34. The molecular weight excluding hydrogens is 216 g/mol. The summed E-state index contributed by atoms with van der Waals surface area (Å²) in [6.45, 7) is 6.48. The van der Waals surface area contributed by atoms with E-state index >= 15 is 0 Å². The summed E-state index contributed by atoms with van der Waals surface area (Å²) >= 11 is 0. The predicted octanol–water partition coefficient (Wildman–Crippen LogP) is 1.88. The second-order valence-electron chi connectivity index (χ2n) is 5.40. The van der Waals surface area contributed by atoms with Gasteiger partial charge in [-0.05, 0) is 31.6 Å². The first-order chi connectivity index (χ1) is 8.04. The van der Waals surface area contributed by atoms with E-state index in [1.54, 1.807) is 0 Å². The van der Waals surface area contributed by atoms with E-state index in [1.165, 1.54) is 12.8 Å². The van der Waals surface area contributed by atoms with Gasteiger partial charge in [0.2, 0.25) is 0 Å². The standard InChI is InChI=1S/C13H26N2O2/c1-9-5-4-6-12(11(9)3)15-13(17)14-10(2)7-8-16/h9-12,16H,4-8H2,1-3H3,(H2,14,15,17)/t9?,10-,11?,12?/m1/s1. The summed E-state index contributed by atoms with van der Waals surface area (Å²) in [4.78, 5) is 11.7. The zero-order chi connectivity index (χ0) is 12.8. The van der Waals surface area contributed by atoms with Crippen LogP contribution in [0.5, 0.6) is 0 Å². The van der Waals surface area contributed by atoms with Crippen molar-refractivity contribution in [1.29, 1.82) is 0 Å². The highest BCUT2D eigenvalue weighted by Crippen LogP contribution is 2.29. The van der Waals surface area contributed by atoms with Gasteiger partial charge < -0.3 is 15.7 Å². The average Bonchev–Trinajstić information content (AvgIpc) is 2.25. The van der Waals surface area contributed by atoms with Gasteiger partial charge in [0.05, 0.1) is 0 Å². The molecular formula is C13H26N2O2. The van der Waals surface area contributed by atoms with Crippen LogP contribution in [0.25, 0.3) is 0 Å². The molecule has 0 saturated heterocycles. The minimum absolute atomic E-state index is 0.0244. The van der Waals surface area contributed by atoms with Crippen molar-refractivity contribution in [2.75, 3.05) is 6.61 Å². The molecule has 0 heterocycles. The van der Waals surface area contributed by atoms with Gasteiger partial charge in [-0.2, -0.15) is 0 Å². The molecule has 1 fully saturated rings. The third-order valence-electron chi connectivity index (χ3n) is 3.96. The minimum Gasteiger partial charge on any atom is -0.396 e. The largest absolute Gasteiger partial charge is 0.396 e. The Kier molecular flexibility index (Phi) is 5.75. The van der Waals surface area contributed by atoms with Gasteiger partial charge in [-0.1, -0.05) is 26.7 Å². The highest BCUT2D eigenvalue weighted by Gasteiger charge is 2.28. The van der Waals surface area contributed by atoms with Gasteiger partial charge in [0.15, 0.2) is 0 Å². The van der Waals surface area contributed by atoms with Crippen LogP contribution in [-0.4, -0.2) is 29.8 Å². The number of carbonyl (C=O) groups is 1. The molecule has 4 heteroatoms. The molecule has 3 N–H and O–H groups in total. The first kappa shape index (κ1) is 14.3. The number of hydrogen-bond donors (Lipinski definition) is 3. The Hall–Kier alpha value is -0.770. The number of aliphatic hydroxyl groups excluding tert-OH is 1. The fraction of sp³-hybridized carbons (Fsp3) is 0.923. The number of hydrogen-bond acceptors (Lipinski definition) is 2. The smallest absolute Gasteiger partial charge is 0.315 e. The van der Waals surface area contributed by atoms with Crippen molar-refractivity contribution in [2.24, 2.45) is 11.8 Å². The van der Waals surface area contributed by atoms with Gasteiger partial charge >= 0.3 is 6.03 Å². The zero-order valence-electron chi connectivity index (χ0n) is 11.2. The van der Waals surface area contributed by atoms with Crippen LogP contribution in [0.15, 0.2) is 0 Å². The van der Waals surface area contributed by atoms with Crippen LogP contribution < -0.4 is 10.6 Å². The minimum atomic E-state index is -0.100. The summed E-state index contributed by atoms with van der Waals surface area (Å²) in [6.07, 6.45) is 4.14. The second-order valence-corrected chi connectivity index (χ2v) is 5.40. The van der Waals surface area contributed by atoms with E-state index in [0.717, 1.165) is 6.42 Å². The molecule has 4 nitrogen and oxygen atoms in total. The van der Waals surface area contributed by atoms with Crippen molar-refractivity contribution >= 4 is 6.03 Å². The number of urea groups is 1. The molecule has 1 aliphatic carbocycles. The van der Waals surface area contributed by atoms with Crippen LogP contribution in [0, 0.1) is 11.8 Å². The van der Waals surface area contributed by atoms with Crippen molar-refractivity contribution in [3.8, 4) is 0 Å². The van der Waals surface area contributed by atoms with Gasteiger partial charge in [0.1, 0.15) is 0 Å². The summed E-state index contributed by atoms with van der Waals surface area (Å²) in [7, 11) is 0. The Balaban J connectivity index is 2.34. The van der Waals surface area contributed by atoms with Crippen LogP contribution >= 0.6 is 0 Å². The normalized spacial score (nSPS) is 30.7. The van der Waals surface area contributed by atoms with Crippen LogP contribution in [0.1, 0.15) is 46.5 Å². The molecule has 0 bridgehead atoms. The molecule has 2 amide bonds. The van der Waals surface area contributed by atoms with E-state index in [4.69, 9.17) is 5.11 Å². The first-order valence-electron chi connectivity index (χ1n) is 6.72. The zero-order valence-corrected chi connectivity index (χ0v) is 11.2. The van der Waals surface area contributed by atoms with Crippen LogP contribution in [0.3, 0.4) is 0 Å². The Morgan fingerprint density at radius 1 is 1.41 bits per heavy atom. The summed E-state index contributed by atoms with van der Waals surface area (Å²) < 4.78 is 0. The van der Waals surface area contributed by atoms with Gasteiger partial charge in [-0.15, -0.1) is 0 Å². The lowest BCUT2D eigenvalue weighted by molar-refractivity contribution is 0.191. The maximum Gasteiger partial charge on any atom is 0.315 e. The number of rotatable bonds is 4. The molecule has 3 unspecified atom stereocenters. The summed E-state index contributed by atoms with van der Waals surface area (Å²) in [5, 5.41) is 14.7. The van der Waals surface area contributed by atoms with Crippen LogP contribution in [-0.2, 0) is 0 Å². The lowest BCUT2D eigenvalue weighted by atomic mass is 9.78. The Labute approximate surface area is 104 Å². The van der Waals surface area contributed by atoms with Crippen LogP contribution in [0.4, 0.5) is 4.79 Å². The third kappa shape index (κ3) is 4.54. The van der Waals surface area contributed by atoms with E-state index in [-0.39, 0.29) is 18.7 Å². The summed E-state index contributed by atoms with van der Waals surface area (Å²) in [6, 6.07) is 0.216. The highest BCUT2D eigenvalue weighted by molar-refractivity contribution is 5.74. The van der Waals surface area contributed by atoms with Crippen molar-refractivity contribution < 1.29 is 9.90 Å². The number of nitrogens with one attached hydrogen (secondary N) is 2. The van der Waals surface area contributed by atoms with E-state index in [0.29, 0.717) is 24.3 Å². The monoisotopic (exact) mass is 242 g/mol. The molecule has 4 atom stereocenters. The Morgan fingerprint density at radius 3 is 2.76 bits per heavy atom. The number of aliphatic hydroxyl groups is 1. The SMILES string of the molecule is CC1CCCC(NC(=O)N[C@H](C)CCO)C1C. The van der Waals surface area contributed by atoms with Crippen molar-refractivity contribution in [1.82, 2.24) is 10.6 Å². The molecule has 0 aromatic rings. The Morgan fingerprint density at radius 2 is 2.12 bits per heavy atom. The number of amides is 2. The third-order valence-corrected chi connectivity index (χ3v) is 3.96. The van der Waals surface area contributed by atoms with Gasteiger partial charge in [-0.3, -0.25) is 0 Å². The van der Waals surface area contributed by atoms with Crippen molar-refractivity contribution in [3.05, 3.63) is 0 Å². The molecule has 0 aromatic carbocycles. The molecule has 1 saturated carbocycles. The van der Waals surface area contributed by atoms with Crippen molar-refractivity contribution in [2.45, 2.75) is 58.5 Å². The van der Waals surface area contributed by atoms with Gasteiger partial charge in [0, 0.05) is 18.7 Å². The molecule has 0 radical (unpaired) electrons. The van der Waals surface area contributed by atoms with Crippen molar-refractivity contribution in [3.63, 3.8) is 0 Å². The fourth-order valence-electron chi connectivity index (χ4n) is 2.49. The molecule has 1 aliphatic rings. The molecule has 0 aliphatic heterocycles. The first-order valence-corrected chi connectivity index (χ1v) is 6.72. The maximum atomic E-state index is 11.7. The number of carbonyl (C=O) groups excluding carboxylic acids is 1. The fourth-order valence-corrected chi connectivity index (χ4v) is 2.49. The lowest BCUT2D eigenvalue weighted by Crippen LogP contribution is -2.49. The van der Waals surface area contributed by atoms with E-state index in [9.17, 15) is 4.79 Å². The Bertz CT molecular complexity index is 246. The molecule has 100 valence electrons. The highest BCUT2D eigenvalue weighted by atomic mass is 16.3. The molecule has 17 heavy (non-hydrogen) atoms. The molecule has 1 rings (SSSR count). The summed E-state index contributed by atoms with van der Waals surface area (Å²) in [5.41, 5.74) is 0.